The third-order valence-corrected chi connectivity index (χ3v) is 23.2. The van der Waals surface area contributed by atoms with Crippen molar-refractivity contribution >= 4 is 5.97 Å². The van der Waals surface area contributed by atoms with E-state index in [1.54, 1.807) is 0 Å². The molecule has 0 bridgehead atoms. The number of hydrogen-bond donors (Lipinski definition) is 15. The van der Waals surface area contributed by atoms with E-state index in [0.717, 1.165) is 44.9 Å². The summed E-state index contributed by atoms with van der Waals surface area (Å²) in [5.74, 6) is -1.26. The lowest BCUT2D eigenvalue weighted by atomic mass is 9.33. The fourth-order valence-electron chi connectivity index (χ4n) is 17.8. The molecule has 33 unspecified atom stereocenters. The van der Waals surface area contributed by atoms with E-state index in [1.807, 2.05) is 0 Å². The molecule has 0 amide bonds. The van der Waals surface area contributed by atoms with Crippen molar-refractivity contribution in [1.82, 2.24) is 0 Å². The Hall–Kier alpha value is -1.75. The first-order valence-electron chi connectivity index (χ1n) is 30.5. The van der Waals surface area contributed by atoms with Crippen LogP contribution in [0.1, 0.15) is 120 Å². The van der Waals surface area contributed by atoms with Gasteiger partial charge in [-0.2, -0.15) is 0 Å². The van der Waals surface area contributed by atoms with Gasteiger partial charge in [0.25, 0.3) is 0 Å². The molecule has 10 rings (SSSR count). The summed E-state index contributed by atoms with van der Waals surface area (Å²) in [6, 6.07) is 0. The number of ether oxygens (including phenoxy) is 10. The van der Waals surface area contributed by atoms with E-state index in [4.69, 9.17) is 47.4 Å². The molecule has 0 aromatic rings. The van der Waals surface area contributed by atoms with Crippen LogP contribution in [0.5, 0.6) is 0 Å². The first kappa shape index (κ1) is 66.2. The highest BCUT2D eigenvalue weighted by Gasteiger charge is 2.70. The Morgan fingerprint density at radius 3 is 1.76 bits per heavy atom. The Morgan fingerprint density at radius 1 is 0.529 bits per heavy atom. The van der Waals surface area contributed by atoms with Crippen LogP contribution in [-0.2, 0) is 52.2 Å². The number of aliphatic hydroxyl groups excluding tert-OH is 14. The van der Waals surface area contributed by atoms with Crippen LogP contribution in [0.3, 0.4) is 0 Å². The topological polar surface area (TPSA) is 413 Å². The van der Waals surface area contributed by atoms with Crippen LogP contribution in [0.4, 0.5) is 0 Å². The van der Waals surface area contributed by atoms with Crippen molar-refractivity contribution in [3.05, 3.63) is 11.6 Å². The van der Waals surface area contributed by atoms with Crippen molar-refractivity contribution < 1.29 is 129 Å². The van der Waals surface area contributed by atoms with Gasteiger partial charge in [-0.3, -0.25) is 0 Å². The summed E-state index contributed by atoms with van der Waals surface area (Å²) in [6.45, 7) is 17.6. The van der Waals surface area contributed by atoms with Gasteiger partial charge < -0.3 is 124 Å². The zero-order chi connectivity index (χ0) is 62.2. The van der Waals surface area contributed by atoms with E-state index in [9.17, 15) is 81.4 Å². The molecule has 5 aliphatic carbocycles. The number of carbonyl (C=O) groups is 1. The second kappa shape index (κ2) is 24.1. The van der Waals surface area contributed by atoms with Gasteiger partial charge in [0.2, 0.25) is 0 Å². The van der Waals surface area contributed by atoms with Gasteiger partial charge in [-0.15, -0.1) is 0 Å². The summed E-state index contributed by atoms with van der Waals surface area (Å²) in [7, 11) is 0. The van der Waals surface area contributed by atoms with Crippen LogP contribution in [-0.4, -0.2) is 262 Å². The SMILES string of the molecule is CC1OC(OC2C(OC3C(OC4CCC5(C)C(CCC6(C)C5CC=C5C7CC(C)(C)CC(OC8OCC(O)C(O)C8O)C7(C)CCC56C)C4(C)C)OC(C(=O)O)C(O)C3O)OC(CO)C(O)C2OC2OC(CO)C(O)C(O)C2O)C(O)C(O)C1O. The Morgan fingerprint density at radius 2 is 1.11 bits per heavy atom. The molecule has 4 saturated carbocycles. The molecule has 85 heavy (non-hydrogen) atoms. The molecule has 33 atom stereocenters. The van der Waals surface area contributed by atoms with Crippen LogP contribution in [0.25, 0.3) is 0 Å². The highest BCUT2D eigenvalue weighted by Crippen LogP contribution is 2.76. The molecular formula is C59H96O26. The molecule has 5 heterocycles. The minimum absolute atomic E-state index is 0.0184. The second-order valence-electron chi connectivity index (χ2n) is 28.9. The largest absolute Gasteiger partial charge is 0.479 e. The minimum atomic E-state index is -2.16. The fourth-order valence-corrected chi connectivity index (χ4v) is 17.8. The van der Waals surface area contributed by atoms with Crippen LogP contribution >= 0.6 is 0 Å². The number of carboxylic acid groups (broad SMARTS) is 1. The van der Waals surface area contributed by atoms with Crippen molar-refractivity contribution in [2.45, 2.75) is 280 Å². The van der Waals surface area contributed by atoms with Gasteiger partial charge in [0.05, 0.1) is 38.1 Å². The normalized spacial score (nSPS) is 55.0. The van der Waals surface area contributed by atoms with Crippen molar-refractivity contribution in [3.8, 4) is 0 Å². The lowest BCUT2D eigenvalue weighted by Gasteiger charge is -2.72. The third-order valence-electron chi connectivity index (χ3n) is 23.2. The van der Waals surface area contributed by atoms with Gasteiger partial charge >= 0.3 is 5.97 Å². The number of fused-ring (bicyclic) bond motifs is 7. The number of aliphatic carboxylic acids is 1. The van der Waals surface area contributed by atoms with Crippen molar-refractivity contribution in [2.75, 3.05) is 19.8 Å². The fraction of sp³-hybridized carbons (Fsp3) is 0.949. The summed E-state index contributed by atoms with van der Waals surface area (Å²) in [5, 5.41) is 163. The van der Waals surface area contributed by atoms with E-state index in [0.29, 0.717) is 12.8 Å². The molecule has 10 aliphatic rings. The smallest absolute Gasteiger partial charge is 0.335 e. The minimum Gasteiger partial charge on any atom is -0.479 e. The van der Waals surface area contributed by atoms with Crippen LogP contribution < -0.4 is 0 Å². The molecule has 0 aromatic carbocycles. The Balaban J connectivity index is 0.927. The Labute approximate surface area is 494 Å². The Bertz CT molecular complexity index is 2380. The molecule has 5 saturated heterocycles. The quantitative estimate of drug-likeness (QED) is 0.0702. The molecular weight excluding hydrogens is 1120 g/mol. The zero-order valence-corrected chi connectivity index (χ0v) is 50.0. The van der Waals surface area contributed by atoms with Crippen molar-refractivity contribution in [2.24, 2.45) is 50.2 Å². The molecule has 9 fully saturated rings. The number of rotatable bonds is 13. The van der Waals surface area contributed by atoms with Gasteiger partial charge in [-0.05, 0) is 110 Å². The average Bonchev–Trinajstić information content (AvgIpc) is 0.689. The van der Waals surface area contributed by atoms with E-state index in [2.05, 4.69) is 61.5 Å². The average molecular weight is 1220 g/mol. The van der Waals surface area contributed by atoms with Crippen LogP contribution in [0.2, 0.25) is 0 Å². The van der Waals surface area contributed by atoms with Crippen LogP contribution in [0.15, 0.2) is 11.6 Å². The maximum absolute atomic E-state index is 12.8. The Kier molecular flexibility index (Phi) is 18.7. The van der Waals surface area contributed by atoms with Gasteiger partial charge in [0, 0.05) is 5.41 Å². The highest BCUT2D eigenvalue weighted by atomic mass is 16.8. The maximum Gasteiger partial charge on any atom is 0.335 e. The van der Waals surface area contributed by atoms with E-state index in [1.165, 1.54) is 12.5 Å². The number of hydrogen-bond acceptors (Lipinski definition) is 25. The van der Waals surface area contributed by atoms with Crippen molar-refractivity contribution in [1.29, 1.82) is 0 Å². The summed E-state index contributed by atoms with van der Waals surface area (Å²) < 4.78 is 61.7. The molecule has 15 N–H and O–H groups in total. The predicted octanol–water partition coefficient (Wildman–Crippen LogP) is -1.98. The van der Waals surface area contributed by atoms with Crippen molar-refractivity contribution in [3.63, 3.8) is 0 Å². The van der Waals surface area contributed by atoms with Gasteiger partial charge in [0.1, 0.15) is 104 Å². The molecule has 0 spiro atoms. The van der Waals surface area contributed by atoms with E-state index in [-0.39, 0.29) is 57.5 Å². The number of aliphatic hydroxyl groups is 14. The van der Waals surface area contributed by atoms with E-state index < -0.39 is 178 Å². The summed E-state index contributed by atoms with van der Waals surface area (Å²) in [4.78, 5) is 12.8. The lowest BCUT2D eigenvalue weighted by molar-refractivity contribution is -0.410. The molecule has 5 aliphatic heterocycles. The van der Waals surface area contributed by atoms with Gasteiger partial charge in [0.15, 0.2) is 37.6 Å². The molecule has 0 aromatic heterocycles. The molecule has 488 valence electrons. The third kappa shape index (κ3) is 11.1. The van der Waals surface area contributed by atoms with Gasteiger partial charge in [-0.25, -0.2) is 4.79 Å². The number of carboxylic acids is 1. The standard InChI is InChI=1S/C59H96O26/c1-23-33(63)37(67)42(72)50(77-23)85-47-44(82-51-43(73)38(68)35(65)27(20-60)78-51)36(66)28(21-61)79-53(47)84-46-40(70)39(69)45(48(74)75)83-52(46)80-31-13-14-57(7)29(55(31,4)5)12-15-59(9)30(57)11-10-24-25-18-54(2,3)19-32(56(25,6)16-17-58(24,59)8)81-49-41(71)34(64)26(62)22-76-49/h10,23,25-47,49-53,60-73H,11-22H2,1-9H3,(H,74,75). The monoisotopic (exact) mass is 1220 g/mol. The first-order chi connectivity index (χ1) is 39.7. The zero-order valence-electron chi connectivity index (χ0n) is 50.0. The van der Waals surface area contributed by atoms with Crippen LogP contribution in [0, 0.1) is 50.2 Å². The highest BCUT2D eigenvalue weighted by molar-refractivity contribution is 5.73. The van der Waals surface area contributed by atoms with E-state index >= 15 is 0 Å². The maximum atomic E-state index is 12.8. The molecule has 26 heteroatoms. The predicted molar refractivity (Wildman–Crippen MR) is 288 cm³/mol. The van der Waals surface area contributed by atoms with Gasteiger partial charge in [-0.1, -0.05) is 67.0 Å². The molecule has 0 radical (unpaired) electrons. The summed E-state index contributed by atoms with van der Waals surface area (Å²) in [6.07, 6.45) is -34.0. The summed E-state index contributed by atoms with van der Waals surface area (Å²) in [5.41, 5.74) is -0.325. The number of allylic oxidation sites excluding steroid dienone is 2. The lowest BCUT2D eigenvalue weighted by Crippen LogP contribution is -2.69. The molecule has 26 nitrogen and oxygen atoms in total. The first-order valence-corrected chi connectivity index (χ1v) is 30.5. The summed E-state index contributed by atoms with van der Waals surface area (Å²) >= 11 is 0. The second-order valence-corrected chi connectivity index (χ2v) is 28.9.